The minimum absolute atomic E-state index is 0.0635. The average Bonchev–Trinajstić information content (AvgIpc) is 2.75. The van der Waals surface area contributed by atoms with Crippen molar-refractivity contribution < 1.29 is 4.79 Å². The number of nitrogens with zero attached hydrogens (tertiary/aromatic N) is 2. The average molecular weight is 378 g/mol. The van der Waals surface area contributed by atoms with Crippen LogP contribution in [-0.2, 0) is 4.79 Å². The minimum Gasteiger partial charge on any atom is -0.311 e. The lowest BCUT2D eigenvalue weighted by molar-refractivity contribution is -0.117. The maximum atomic E-state index is 12.0. The van der Waals surface area contributed by atoms with Crippen LogP contribution in [0.2, 0.25) is 5.02 Å². The van der Waals surface area contributed by atoms with E-state index in [9.17, 15) is 4.79 Å². The maximum Gasteiger partial charge on any atom is 0.227 e. The van der Waals surface area contributed by atoms with Gasteiger partial charge < -0.3 is 4.90 Å². The molecule has 7 heteroatoms. The molecular formula is C12H10BrClN2OS2. The standard InChI is InChI=1S/C12H10BrClN2OS2/c13-8-2-10(9(14)3-11(8)19-6-15)16-4-7(5-18)1-12(16)17/h2-3,7,18H,1,4-5H2. The van der Waals surface area contributed by atoms with Crippen molar-refractivity contribution in [3.8, 4) is 5.40 Å². The summed E-state index contributed by atoms with van der Waals surface area (Å²) in [6.45, 7) is 0.638. The summed E-state index contributed by atoms with van der Waals surface area (Å²) in [6.07, 6.45) is 0.506. The Bertz CT molecular complexity index is 561. The van der Waals surface area contributed by atoms with Crippen LogP contribution in [0, 0.1) is 16.6 Å². The number of rotatable bonds is 3. The fraction of sp³-hybridized carbons (Fsp3) is 0.333. The van der Waals surface area contributed by atoms with Gasteiger partial charge in [0.1, 0.15) is 5.40 Å². The van der Waals surface area contributed by atoms with Gasteiger partial charge in [0.05, 0.1) is 10.7 Å². The molecule has 2 rings (SSSR count). The highest BCUT2D eigenvalue weighted by atomic mass is 79.9. The molecular weight excluding hydrogens is 368 g/mol. The van der Waals surface area contributed by atoms with Crippen molar-refractivity contribution >= 4 is 63.5 Å². The highest BCUT2D eigenvalue weighted by molar-refractivity contribution is 9.10. The summed E-state index contributed by atoms with van der Waals surface area (Å²) in [5, 5.41) is 11.2. The molecule has 1 aliphatic rings. The van der Waals surface area contributed by atoms with Crippen molar-refractivity contribution in [2.24, 2.45) is 5.92 Å². The fourth-order valence-corrected chi connectivity index (χ4v) is 3.57. The van der Waals surface area contributed by atoms with E-state index in [-0.39, 0.29) is 11.8 Å². The molecule has 1 aromatic carbocycles. The Balaban J connectivity index is 2.34. The van der Waals surface area contributed by atoms with E-state index < -0.39 is 0 Å². The van der Waals surface area contributed by atoms with Gasteiger partial charge in [0.15, 0.2) is 0 Å². The lowest BCUT2D eigenvalue weighted by Crippen LogP contribution is -2.25. The predicted octanol–water partition coefficient (Wildman–Crippen LogP) is 3.96. The van der Waals surface area contributed by atoms with Crippen molar-refractivity contribution in [1.29, 1.82) is 5.26 Å². The number of thioether (sulfide) groups is 1. The van der Waals surface area contributed by atoms with E-state index in [2.05, 4.69) is 28.6 Å². The van der Waals surface area contributed by atoms with Crippen LogP contribution < -0.4 is 4.90 Å². The summed E-state index contributed by atoms with van der Waals surface area (Å²) >= 11 is 14.9. The number of carbonyl (C=O) groups excluding carboxylic acids is 1. The molecule has 1 atom stereocenters. The minimum atomic E-state index is 0.0635. The van der Waals surface area contributed by atoms with E-state index in [1.807, 2.05) is 5.40 Å². The summed E-state index contributed by atoms with van der Waals surface area (Å²) in [4.78, 5) is 14.4. The molecule has 1 amide bonds. The molecule has 0 N–H and O–H groups in total. The van der Waals surface area contributed by atoms with E-state index >= 15 is 0 Å². The van der Waals surface area contributed by atoms with Crippen molar-refractivity contribution in [1.82, 2.24) is 0 Å². The molecule has 1 unspecified atom stereocenters. The number of anilines is 1. The number of hydrogen-bond acceptors (Lipinski definition) is 4. The van der Waals surface area contributed by atoms with E-state index in [0.29, 0.717) is 29.4 Å². The van der Waals surface area contributed by atoms with Crippen LogP contribution in [0.3, 0.4) is 0 Å². The smallest absolute Gasteiger partial charge is 0.227 e. The normalized spacial score (nSPS) is 18.7. The van der Waals surface area contributed by atoms with Crippen LogP contribution in [0.1, 0.15) is 6.42 Å². The second-order valence-electron chi connectivity index (χ2n) is 4.18. The second-order valence-corrected chi connectivity index (χ2v) is 6.64. The van der Waals surface area contributed by atoms with Gasteiger partial charge >= 0.3 is 0 Å². The summed E-state index contributed by atoms with van der Waals surface area (Å²) < 4.78 is 0.764. The Hall–Kier alpha value is -0.350. The Labute approximate surface area is 134 Å². The first-order chi connectivity index (χ1) is 9.06. The first kappa shape index (κ1) is 15.0. The molecule has 1 fully saturated rings. The van der Waals surface area contributed by atoms with Crippen molar-refractivity contribution in [2.75, 3.05) is 17.2 Å². The Morgan fingerprint density at radius 3 is 2.95 bits per heavy atom. The third-order valence-corrected chi connectivity index (χ3v) is 5.30. The van der Waals surface area contributed by atoms with Gasteiger partial charge in [0.25, 0.3) is 0 Å². The zero-order chi connectivity index (χ0) is 14.0. The first-order valence-corrected chi connectivity index (χ1v) is 8.15. The first-order valence-electron chi connectivity index (χ1n) is 5.53. The zero-order valence-electron chi connectivity index (χ0n) is 9.77. The van der Waals surface area contributed by atoms with Crippen molar-refractivity contribution in [3.63, 3.8) is 0 Å². The summed E-state index contributed by atoms with van der Waals surface area (Å²) in [7, 11) is 0. The maximum absolute atomic E-state index is 12.0. The van der Waals surface area contributed by atoms with Crippen LogP contribution >= 0.6 is 51.9 Å². The van der Waals surface area contributed by atoms with Gasteiger partial charge in [0.2, 0.25) is 5.91 Å². The molecule has 1 heterocycles. The number of nitriles is 1. The zero-order valence-corrected chi connectivity index (χ0v) is 13.8. The third kappa shape index (κ3) is 3.22. The molecule has 1 saturated heterocycles. The number of amides is 1. The second kappa shape index (κ2) is 6.40. The highest BCUT2D eigenvalue weighted by Gasteiger charge is 2.31. The highest BCUT2D eigenvalue weighted by Crippen LogP contribution is 2.38. The quantitative estimate of drug-likeness (QED) is 0.492. The molecule has 0 bridgehead atoms. The largest absolute Gasteiger partial charge is 0.311 e. The molecule has 3 nitrogen and oxygen atoms in total. The van der Waals surface area contributed by atoms with Crippen LogP contribution in [0.4, 0.5) is 5.69 Å². The Morgan fingerprint density at radius 2 is 2.37 bits per heavy atom. The van der Waals surface area contributed by atoms with E-state index in [1.165, 1.54) is 0 Å². The molecule has 0 spiro atoms. The van der Waals surface area contributed by atoms with Gasteiger partial charge in [-0.1, -0.05) is 11.6 Å². The van der Waals surface area contributed by atoms with Gasteiger partial charge in [-0.05, 0) is 51.5 Å². The van der Waals surface area contributed by atoms with Crippen LogP contribution in [0.25, 0.3) is 0 Å². The van der Waals surface area contributed by atoms with Gasteiger partial charge in [-0.2, -0.15) is 17.9 Å². The lowest BCUT2D eigenvalue weighted by Gasteiger charge is -2.19. The molecule has 0 aromatic heterocycles. The van der Waals surface area contributed by atoms with Crippen LogP contribution in [0.5, 0.6) is 0 Å². The molecule has 0 aliphatic carbocycles. The molecule has 1 aliphatic heterocycles. The van der Waals surface area contributed by atoms with Crippen molar-refractivity contribution in [2.45, 2.75) is 11.3 Å². The number of thiocyanates is 1. The molecule has 0 saturated carbocycles. The van der Waals surface area contributed by atoms with Gasteiger partial charge in [-0.15, -0.1) is 0 Å². The Morgan fingerprint density at radius 1 is 1.63 bits per heavy atom. The molecule has 100 valence electrons. The third-order valence-electron chi connectivity index (χ3n) is 2.91. The number of hydrogen-bond donors (Lipinski definition) is 1. The molecule has 19 heavy (non-hydrogen) atoms. The Kier molecular flexibility index (Phi) is 5.07. The van der Waals surface area contributed by atoms with Gasteiger partial charge in [0, 0.05) is 22.3 Å². The number of halogens is 2. The lowest BCUT2D eigenvalue weighted by atomic mass is 10.1. The summed E-state index contributed by atoms with van der Waals surface area (Å²) in [5.41, 5.74) is 0.685. The topological polar surface area (TPSA) is 44.1 Å². The number of thiol groups is 1. The SMILES string of the molecule is N#CSc1cc(Cl)c(N2CC(CS)CC2=O)cc1Br. The summed E-state index contributed by atoms with van der Waals surface area (Å²) in [6, 6.07) is 3.50. The monoisotopic (exact) mass is 376 g/mol. The van der Waals surface area contributed by atoms with E-state index in [4.69, 9.17) is 16.9 Å². The van der Waals surface area contributed by atoms with Crippen molar-refractivity contribution in [3.05, 3.63) is 21.6 Å². The van der Waals surface area contributed by atoms with E-state index in [0.717, 1.165) is 21.1 Å². The van der Waals surface area contributed by atoms with Crippen LogP contribution in [-0.4, -0.2) is 18.2 Å². The van der Waals surface area contributed by atoms with Gasteiger partial charge in [-0.3, -0.25) is 4.79 Å². The predicted molar refractivity (Wildman–Crippen MR) is 84.9 cm³/mol. The molecule has 0 radical (unpaired) electrons. The van der Waals surface area contributed by atoms with E-state index in [1.54, 1.807) is 17.0 Å². The number of carbonyl (C=O) groups is 1. The summed E-state index contributed by atoms with van der Waals surface area (Å²) in [5.74, 6) is 1.01. The molecule has 1 aromatic rings. The van der Waals surface area contributed by atoms with Crippen LogP contribution in [0.15, 0.2) is 21.5 Å². The van der Waals surface area contributed by atoms with Gasteiger partial charge in [-0.25, -0.2) is 0 Å². The number of benzene rings is 1. The fourth-order valence-electron chi connectivity index (χ4n) is 1.99.